The highest BCUT2D eigenvalue weighted by Crippen LogP contribution is 2.66. The van der Waals surface area contributed by atoms with Gasteiger partial charge in [0.05, 0.1) is 7.11 Å². The number of epoxide rings is 1. The Morgan fingerprint density at radius 2 is 1.86 bits per heavy atom. The molecule has 3 aliphatic rings. The van der Waals surface area contributed by atoms with E-state index in [-0.39, 0.29) is 12.1 Å². The maximum atomic E-state index is 12.7. The van der Waals surface area contributed by atoms with Crippen LogP contribution in [-0.4, -0.2) is 24.8 Å². The van der Waals surface area contributed by atoms with E-state index in [4.69, 9.17) is 14.2 Å². The first-order chi connectivity index (χ1) is 10.7. The van der Waals surface area contributed by atoms with Crippen molar-refractivity contribution in [1.82, 2.24) is 0 Å². The molecule has 4 nitrogen and oxygen atoms in total. The van der Waals surface area contributed by atoms with Crippen LogP contribution in [0.2, 0.25) is 0 Å². The lowest BCUT2D eigenvalue weighted by Crippen LogP contribution is -2.33. The van der Waals surface area contributed by atoms with Crippen molar-refractivity contribution in [3.05, 3.63) is 29.8 Å². The summed E-state index contributed by atoms with van der Waals surface area (Å²) in [4.78, 5) is 12.7. The Labute approximate surface area is 130 Å². The van der Waals surface area contributed by atoms with E-state index in [1.165, 1.54) is 0 Å². The predicted octanol–water partition coefficient (Wildman–Crippen LogP) is 3.33. The van der Waals surface area contributed by atoms with E-state index in [0.717, 1.165) is 56.3 Å². The molecular weight excluding hydrogens is 280 g/mol. The van der Waals surface area contributed by atoms with Crippen LogP contribution in [0.4, 0.5) is 0 Å². The zero-order chi connectivity index (χ0) is 15.2. The zero-order valence-corrected chi connectivity index (χ0v) is 13.0. The highest BCUT2D eigenvalue weighted by molar-refractivity contribution is 5.86. The number of methoxy groups -OCH3 is 1. The van der Waals surface area contributed by atoms with Gasteiger partial charge in [-0.25, -0.2) is 4.79 Å². The molecule has 2 aliphatic carbocycles. The molecule has 0 bridgehead atoms. The van der Waals surface area contributed by atoms with Crippen molar-refractivity contribution in [2.75, 3.05) is 7.11 Å². The molecule has 2 atom stereocenters. The van der Waals surface area contributed by atoms with E-state index >= 15 is 0 Å². The highest BCUT2D eigenvalue weighted by Gasteiger charge is 2.78. The molecule has 0 N–H and O–H groups in total. The summed E-state index contributed by atoms with van der Waals surface area (Å²) in [6.45, 7) is 0. The van der Waals surface area contributed by atoms with Crippen LogP contribution in [0.15, 0.2) is 24.3 Å². The lowest BCUT2D eigenvalue weighted by molar-refractivity contribution is -0.155. The SMILES string of the molecule is COc1ccc(C23CCCC2(C(=O)OC2CCCC2)O3)cc1. The fourth-order valence-electron chi connectivity index (χ4n) is 4.22. The largest absolute Gasteiger partial charge is 0.497 e. The van der Waals surface area contributed by atoms with E-state index < -0.39 is 11.2 Å². The van der Waals surface area contributed by atoms with Gasteiger partial charge in [-0.1, -0.05) is 12.1 Å². The summed E-state index contributed by atoms with van der Waals surface area (Å²) in [5.74, 6) is 0.672. The van der Waals surface area contributed by atoms with Gasteiger partial charge in [-0.3, -0.25) is 0 Å². The molecule has 0 radical (unpaired) electrons. The minimum absolute atomic E-state index is 0.0974. The van der Waals surface area contributed by atoms with Gasteiger partial charge in [-0.15, -0.1) is 0 Å². The molecule has 0 spiro atoms. The van der Waals surface area contributed by atoms with Gasteiger partial charge in [0.1, 0.15) is 17.5 Å². The normalized spacial score (nSPS) is 33.5. The summed E-state index contributed by atoms with van der Waals surface area (Å²) in [6, 6.07) is 7.87. The Kier molecular flexibility index (Phi) is 3.19. The summed E-state index contributed by atoms with van der Waals surface area (Å²) in [5.41, 5.74) is -0.131. The quantitative estimate of drug-likeness (QED) is 0.632. The Balaban J connectivity index is 1.55. The molecule has 0 aromatic heterocycles. The second kappa shape index (κ2) is 4.98. The van der Waals surface area contributed by atoms with Crippen LogP contribution in [0, 0.1) is 0 Å². The Hall–Kier alpha value is -1.55. The smallest absolute Gasteiger partial charge is 0.342 e. The van der Waals surface area contributed by atoms with Crippen LogP contribution in [0.3, 0.4) is 0 Å². The summed E-state index contributed by atoms with van der Waals surface area (Å²) in [5, 5.41) is 0. The van der Waals surface area contributed by atoms with Gasteiger partial charge < -0.3 is 14.2 Å². The molecule has 4 heteroatoms. The summed E-state index contributed by atoms with van der Waals surface area (Å²) >= 11 is 0. The maximum absolute atomic E-state index is 12.7. The molecule has 1 saturated heterocycles. The first-order valence-corrected chi connectivity index (χ1v) is 8.26. The fourth-order valence-corrected chi connectivity index (χ4v) is 4.22. The number of esters is 1. The van der Waals surface area contributed by atoms with E-state index in [0.29, 0.717) is 0 Å². The van der Waals surface area contributed by atoms with E-state index in [1.54, 1.807) is 7.11 Å². The average Bonchev–Trinajstić information content (AvgIpc) is 2.90. The second-order valence-electron chi connectivity index (χ2n) is 6.65. The fraction of sp³-hybridized carbons (Fsp3) is 0.611. The summed E-state index contributed by atoms with van der Waals surface area (Å²) in [7, 11) is 1.65. The number of benzene rings is 1. The third kappa shape index (κ3) is 1.89. The minimum Gasteiger partial charge on any atom is -0.497 e. The number of ether oxygens (including phenoxy) is 3. The Bertz CT molecular complexity index is 575. The second-order valence-corrected chi connectivity index (χ2v) is 6.65. The zero-order valence-electron chi connectivity index (χ0n) is 13.0. The molecule has 1 aromatic carbocycles. The molecule has 2 saturated carbocycles. The molecule has 1 aromatic rings. The molecule has 0 amide bonds. The molecule has 118 valence electrons. The number of rotatable bonds is 4. The lowest BCUT2D eigenvalue weighted by atomic mass is 9.89. The van der Waals surface area contributed by atoms with Gasteiger partial charge in [0.25, 0.3) is 0 Å². The number of fused-ring (bicyclic) bond motifs is 1. The minimum atomic E-state index is -0.732. The molecule has 22 heavy (non-hydrogen) atoms. The number of hydrogen-bond donors (Lipinski definition) is 0. The van der Waals surface area contributed by atoms with Gasteiger partial charge >= 0.3 is 5.97 Å². The van der Waals surface area contributed by atoms with Gasteiger partial charge in [0.15, 0.2) is 5.60 Å². The molecular formula is C18H22O4. The van der Waals surface area contributed by atoms with Crippen LogP contribution < -0.4 is 4.74 Å². The topological polar surface area (TPSA) is 48.1 Å². The van der Waals surface area contributed by atoms with Crippen molar-refractivity contribution in [3.63, 3.8) is 0 Å². The van der Waals surface area contributed by atoms with E-state index in [2.05, 4.69) is 0 Å². The highest BCUT2D eigenvalue weighted by atomic mass is 16.7. The van der Waals surface area contributed by atoms with E-state index in [9.17, 15) is 4.79 Å². The summed E-state index contributed by atoms with van der Waals surface area (Å²) in [6.07, 6.45) is 7.08. The number of carbonyl (C=O) groups excluding carboxylic acids is 1. The third-order valence-corrected chi connectivity index (χ3v) is 5.48. The average molecular weight is 302 g/mol. The standard InChI is InChI=1S/C18H22O4/c1-20-14-9-7-13(8-10-14)17-11-4-12-18(17,22-17)16(19)21-15-5-2-3-6-15/h7-10,15H,2-6,11-12H2,1H3. The molecule has 4 rings (SSSR count). The summed E-state index contributed by atoms with van der Waals surface area (Å²) < 4.78 is 17.0. The lowest BCUT2D eigenvalue weighted by Gasteiger charge is -2.16. The molecule has 3 fully saturated rings. The van der Waals surface area contributed by atoms with Crippen LogP contribution in [-0.2, 0) is 19.9 Å². The van der Waals surface area contributed by atoms with Crippen molar-refractivity contribution in [2.45, 2.75) is 62.3 Å². The van der Waals surface area contributed by atoms with Gasteiger partial charge in [-0.05, 0) is 62.6 Å². The van der Waals surface area contributed by atoms with E-state index in [1.807, 2.05) is 24.3 Å². The van der Waals surface area contributed by atoms with Gasteiger partial charge in [0, 0.05) is 0 Å². The molecule has 1 heterocycles. The van der Waals surface area contributed by atoms with Crippen LogP contribution in [0.25, 0.3) is 0 Å². The van der Waals surface area contributed by atoms with Crippen LogP contribution in [0.1, 0.15) is 50.5 Å². The van der Waals surface area contributed by atoms with Crippen molar-refractivity contribution in [2.24, 2.45) is 0 Å². The number of hydrogen-bond acceptors (Lipinski definition) is 4. The van der Waals surface area contributed by atoms with Crippen molar-refractivity contribution >= 4 is 5.97 Å². The maximum Gasteiger partial charge on any atom is 0.342 e. The molecule has 1 aliphatic heterocycles. The third-order valence-electron chi connectivity index (χ3n) is 5.48. The van der Waals surface area contributed by atoms with Crippen molar-refractivity contribution < 1.29 is 19.0 Å². The Morgan fingerprint density at radius 1 is 1.14 bits per heavy atom. The van der Waals surface area contributed by atoms with Crippen molar-refractivity contribution in [1.29, 1.82) is 0 Å². The van der Waals surface area contributed by atoms with Crippen LogP contribution in [0.5, 0.6) is 5.75 Å². The molecule has 2 unspecified atom stereocenters. The Morgan fingerprint density at radius 3 is 2.55 bits per heavy atom. The predicted molar refractivity (Wildman–Crippen MR) is 80.7 cm³/mol. The first kappa shape index (κ1) is 14.1. The van der Waals surface area contributed by atoms with Gasteiger partial charge in [-0.2, -0.15) is 0 Å². The first-order valence-electron chi connectivity index (χ1n) is 8.26. The monoisotopic (exact) mass is 302 g/mol. The van der Waals surface area contributed by atoms with Gasteiger partial charge in [0.2, 0.25) is 0 Å². The van der Waals surface area contributed by atoms with Crippen molar-refractivity contribution in [3.8, 4) is 5.75 Å². The number of carbonyl (C=O) groups is 1. The van der Waals surface area contributed by atoms with Crippen LogP contribution >= 0.6 is 0 Å².